The number of carbonyl (C=O) groups excluding carboxylic acids is 1. The average Bonchev–Trinajstić information content (AvgIpc) is 2.59. The van der Waals surface area contributed by atoms with Gasteiger partial charge >= 0.3 is 0 Å². The summed E-state index contributed by atoms with van der Waals surface area (Å²) in [5.74, 6) is 0.917. The van der Waals surface area contributed by atoms with Crippen LogP contribution in [0.1, 0.15) is 15.9 Å². The molecule has 0 saturated heterocycles. The summed E-state index contributed by atoms with van der Waals surface area (Å²) < 4.78 is 10.7. The van der Waals surface area contributed by atoms with E-state index in [9.17, 15) is 4.79 Å². The van der Waals surface area contributed by atoms with Gasteiger partial charge in [-0.15, -0.1) is 0 Å². The number of methoxy groups -OCH3 is 2. The van der Waals surface area contributed by atoms with E-state index in [-0.39, 0.29) is 5.78 Å². The molecule has 0 atom stereocenters. The molecule has 0 N–H and O–H groups in total. The number of carbonyl (C=O) groups is 1. The largest absolute Gasteiger partial charge is 0.496 e. The Hall–Kier alpha value is -2.81. The second-order valence-electron chi connectivity index (χ2n) is 4.89. The van der Waals surface area contributed by atoms with Gasteiger partial charge in [0, 0.05) is 5.56 Å². The van der Waals surface area contributed by atoms with E-state index in [4.69, 9.17) is 9.47 Å². The summed E-state index contributed by atoms with van der Waals surface area (Å²) in [6.45, 7) is 0. The fraction of sp³-hybridized carbons (Fsp3) is 0.105. The van der Waals surface area contributed by atoms with Crippen LogP contribution in [0, 0.1) is 0 Å². The maximum atomic E-state index is 13.1. The third-order valence-corrected chi connectivity index (χ3v) is 3.69. The van der Waals surface area contributed by atoms with Crippen LogP contribution in [0.2, 0.25) is 0 Å². The van der Waals surface area contributed by atoms with Crippen LogP contribution in [0.4, 0.5) is 0 Å². The van der Waals surface area contributed by atoms with Crippen molar-refractivity contribution in [3.05, 3.63) is 71.8 Å². The Balaban J connectivity index is 2.23. The van der Waals surface area contributed by atoms with Crippen molar-refractivity contribution >= 4 is 16.6 Å². The highest BCUT2D eigenvalue weighted by Crippen LogP contribution is 2.32. The monoisotopic (exact) mass is 292 g/mol. The van der Waals surface area contributed by atoms with Crippen LogP contribution in [-0.4, -0.2) is 20.0 Å². The van der Waals surface area contributed by atoms with Crippen molar-refractivity contribution in [2.75, 3.05) is 14.2 Å². The van der Waals surface area contributed by atoms with Gasteiger partial charge in [-0.2, -0.15) is 0 Å². The number of ether oxygens (including phenoxy) is 2. The lowest BCUT2D eigenvalue weighted by atomic mass is 9.96. The summed E-state index contributed by atoms with van der Waals surface area (Å²) in [5, 5.41) is 1.95. The molecule has 110 valence electrons. The number of hydrogen-bond acceptors (Lipinski definition) is 3. The van der Waals surface area contributed by atoms with Gasteiger partial charge in [0.2, 0.25) is 5.78 Å². The molecule has 0 unspecified atom stereocenters. The van der Waals surface area contributed by atoms with Crippen molar-refractivity contribution in [1.82, 2.24) is 0 Å². The number of ketones is 1. The zero-order valence-electron chi connectivity index (χ0n) is 12.5. The molecule has 0 fully saturated rings. The minimum absolute atomic E-state index is 0.105. The van der Waals surface area contributed by atoms with Crippen molar-refractivity contribution in [2.24, 2.45) is 0 Å². The molecule has 3 aromatic carbocycles. The van der Waals surface area contributed by atoms with E-state index >= 15 is 0 Å². The number of hydrogen-bond donors (Lipinski definition) is 0. The van der Waals surface area contributed by atoms with Gasteiger partial charge in [-0.05, 0) is 22.9 Å². The molecular formula is C19H16O3. The minimum Gasteiger partial charge on any atom is -0.496 e. The third kappa shape index (κ3) is 2.31. The molecule has 3 nitrogen and oxygen atoms in total. The lowest BCUT2D eigenvalue weighted by Gasteiger charge is -2.13. The second-order valence-corrected chi connectivity index (χ2v) is 4.89. The molecule has 0 heterocycles. The van der Waals surface area contributed by atoms with Crippen LogP contribution >= 0.6 is 0 Å². The third-order valence-electron chi connectivity index (χ3n) is 3.69. The van der Waals surface area contributed by atoms with E-state index in [1.807, 2.05) is 42.5 Å². The Labute approximate surface area is 129 Å². The van der Waals surface area contributed by atoms with Gasteiger partial charge in [0.25, 0.3) is 0 Å². The van der Waals surface area contributed by atoms with Crippen molar-refractivity contribution in [3.8, 4) is 11.5 Å². The zero-order chi connectivity index (χ0) is 15.5. The lowest BCUT2D eigenvalue weighted by molar-refractivity contribution is 0.103. The van der Waals surface area contributed by atoms with Crippen molar-refractivity contribution in [1.29, 1.82) is 0 Å². The lowest BCUT2D eigenvalue weighted by Crippen LogP contribution is -2.07. The van der Waals surface area contributed by atoms with Gasteiger partial charge < -0.3 is 9.47 Å². The molecule has 0 saturated carbocycles. The summed E-state index contributed by atoms with van der Waals surface area (Å²) in [5.41, 5.74) is 1.09. The summed E-state index contributed by atoms with van der Waals surface area (Å²) in [7, 11) is 3.10. The van der Waals surface area contributed by atoms with Gasteiger partial charge in [-0.3, -0.25) is 4.79 Å². The van der Waals surface area contributed by atoms with E-state index in [2.05, 4.69) is 0 Å². The average molecular weight is 292 g/mol. The first kappa shape index (κ1) is 14.1. The smallest absolute Gasteiger partial charge is 0.201 e. The van der Waals surface area contributed by atoms with Crippen LogP contribution < -0.4 is 9.47 Å². The predicted octanol–water partition coefficient (Wildman–Crippen LogP) is 4.09. The Morgan fingerprint density at radius 2 is 1.36 bits per heavy atom. The molecule has 0 aromatic heterocycles. The number of benzene rings is 3. The Bertz CT molecular complexity index is 809. The summed E-state index contributed by atoms with van der Waals surface area (Å²) in [6.07, 6.45) is 0. The molecule has 0 bridgehead atoms. The van der Waals surface area contributed by atoms with E-state index in [0.717, 1.165) is 10.8 Å². The van der Waals surface area contributed by atoms with Crippen LogP contribution in [-0.2, 0) is 0 Å². The Morgan fingerprint density at radius 1 is 0.773 bits per heavy atom. The predicted molar refractivity (Wildman–Crippen MR) is 86.9 cm³/mol. The first-order chi connectivity index (χ1) is 10.8. The number of rotatable bonds is 4. The highest BCUT2D eigenvalue weighted by molar-refractivity contribution is 6.18. The van der Waals surface area contributed by atoms with Gasteiger partial charge in [0.1, 0.15) is 17.1 Å². The van der Waals surface area contributed by atoms with Crippen molar-refractivity contribution in [2.45, 2.75) is 0 Å². The van der Waals surface area contributed by atoms with Crippen LogP contribution in [0.5, 0.6) is 11.5 Å². The SMILES string of the molecule is COc1cccc(OC)c1C(=O)c1cccc2ccccc12. The van der Waals surface area contributed by atoms with Crippen LogP contribution in [0.15, 0.2) is 60.7 Å². The highest BCUT2D eigenvalue weighted by Gasteiger charge is 2.21. The molecule has 3 rings (SSSR count). The molecule has 0 aliphatic heterocycles. The molecule has 3 aromatic rings. The minimum atomic E-state index is -0.105. The van der Waals surface area contributed by atoms with E-state index < -0.39 is 0 Å². The maximum absolute atomic E-state index is 13.1. The van der Waals surface area contributed by atoms with Gasteiger partial charge in [0.05, 0.1) is 14.2 Å². The zero-order valence-corrected chi connectivity index (χ0v) is 12.5. The molecule has 0 amide bonds. The molecule has 22 heavy (non-hydrogen) atoms. The first-order valence-corrected chi connectivity index (χ1v) is 6.99. The highest BCUT2D eigenvalue weighted by atomic mass is 16.5. The Morgan fingerprint density at radius 3 is 2.05 bits per heavy atom. The van der Waals surface area contributed by atoms with E-state index in [1.54, 1.807) is 32.4 Å². The van der Waals surface area contributed by atoms with E-state index in [1.165, 1.54) is 0 Å². The maximum Gasteiger partial charge on any atom is 0.201 e. The topological polar surface area (TPSA) is 35.5 Å². The van der Waals surface area contributed by atoms with Gasteiger partial charge in [0.15, 0.2) is 0 Å². The van der Waals surface area contributed by atoms with Gasteiger partial charge in [-0.1, -0.05) is 48.5 Å². The standard InChI is InChI=1S/C19H16O3/c1-21-16-11-6-12-17(22-2)18(16)19(20)15-10-5-8-13-7-3-4-9-14(13)15/h3-12H,1-2H3. The molecule has 3 heteroatoms. The summed E-state index contributed by atoms with van der Waals surface area (Å²) >= 11 is 0. The molecule has 0 aliphatic rings. The first-order valence-electron chi connectivity index (χ1n) is 6.99. The summed E-state index contributed by atoms with van der Waals surface area (Å²) in [4.78, 5) is 13.1. The fourth-order valence-corrected chi connectivity index (χ4v) is 2.63. The summed E-state index contributed by atoms with van der Waals surface area (Å²) in [6, 6.07) is 18.9. The van der Waals surface area contributed by atoms with Gasteiger partial charge in [-0.25, -0.2) is 0 Å². The number of fused-ring (bicyclic) bond motifs is 1. The molecule has 0 radical (unpaired) electrons. The Kier molecular flexibility index (Phi) is 3.79. The second kappa shape index (κ2) is 5.90. The van der Waals surface area contributed by atoms with Crippen molar-refractivity contribution < 1.29 is 14.3 Å². The van der Waals surface area contributed by atoms with Crippen molar-refractivity contribution in [3.63, 3.8) is 0 Å². The van der Waals surface area contributed by atoms with Crippen LogP contribution in [0.3, 0.4) is 0 Å². The molecule has 0 aliphatic carbocycles. The van der Waals surface area contributed by atoms with Crippen LogP contribution in [0.25, 0.3) is 10.8 Å². The molecule has 0 spiro atoms. The normalized spacial score (nSPS) is 10.5. The van der Waals surface area contributed by atoms with E-state index in [0.29, 0.717) is 22.6 Å². The fourth-order valence-electron chi connectivity index (χ4n) is 2.63. The quantitative estimate of drug-likeness (QED) is 0.679. The molecular weight excluding hydrogens is 276 g/mol.